The van der Waals surface area contributed by atoms with Crippen molar-refractivity contribution in [1.82, 2.24) is 9.97 Å². The maximum atomic E-state index is 13.2. The summed E-state index contributed by atoms with van der Waals surface area (Å²) in [6.07, 6.45) is -5.05. The minimum absolute atomic E-state index is 0.300. The minimum Gasteiger partial charge on any atom is -0.467 e. The maximum Gasteiger partial charge on any atom is 0.416 e. The average Bonchev–Trinajstić information content (AvgIpc) is 2.85. The molecule has 37 heavy (non-hydrogen) atoms. The Morgan fingerprint density at radius 1 is 0.892 bits per heavy atom. The number of hydrogen-bond donors (Lipinski definition) is 2. The molecular formula is C28H25F3N4OS. The number of benzene rings is 3. The van der Waals surface area contributed by atoms with Crippen molar-refractivity contribution in [2.45, 2.75) is 44.0 Å². The van der Waals surface area contributed by atoms with Crippen LogP contribution in [0.1, 0.15) is 35.3 Å². The second kappa shape index (κ2) is 9.97. The SMILES string of the molecule is Cc1cccc(C)c1-c1cc2nc(n1)NSc1cccc(c1)N[C@H](C)C(c1ccc(C(F)(F)F)cc1)O2. The van der Waals surface area contributed by atoms with E-state index in [0.717, 1.165) is 39.4 Å². The van der Waals surface area contributed by atoms with Crippen LogP contribution in [0, 0.1) is 13.8 Å². The van der Waals surface area contributed by atoms with Crippen LogP contribution in [0.4, 0.5) is 24.8 Å². The lowest BCUT2D eigenvalue weighted by Gasteiger charge is -2.28. The lowest BCUT2D eigenvalue weighted by atomic mass is 9.99. The largest absolute Gasteiger partial charge is 0.467 e. The van der Waals surface area contributed by atoms with Crippen LogP contribution in [0.2, 0.25) is 0 Å². The van der Waals surface area contributed by atoms with E-state index in [1.165, 1.54) is 24.1 Å². The van der Waals surface area contributed by atoms with E-state index in [2.05, 4.69) is 15.0 Å². The summed E-state index contributed by atoms with van der Waals surface area (Å²) in [7, 11) is 0. The number of aryl methyl sites for hydroxylation is 2. The molecule has 4 aromatic rings. The third-order valence-corrected chi connectivity index (χ3v) is 6.97. The van der Waals surface area contributed by atoms with Gasteiger partial charge in [0, 0.05) is 22.2 Å². The normalized spacial score (nSPS) is 17.5. The van der Waals surface area contributed by atoms with Gasteiger partial charge in [0.2, 0.25) is 11.8 Å². The summed E-state index contributed by atoms with van der Waals surface area (Å²) >= 11 is 1.38. The predicted octanol–water partition coefficient (Wildman–Crippen LogP) is 7.83. The zero-order chi connectivity index (χ0) is 26.2. The fourth-order valence-corrected chi connectivity index (χ4v) is 5.05. The minimum atomic E-state index is -4.42. The second-order valence-corrected chi connectivity index (χ2v) is 9.88. The molecule has 2 atom stereocenters. The second-order valence-electron chi connectivity index (χ2n) is 9.01. The summed E-state index contributed by atoms with van der Waals surface area (Å²) in [5, 5.41) is 3.43. The Balaban J connectivity index is 1.62. The van der Waals surface area contributed by atoms with Crippen molar-refractivity contribution in [2.75, 3.05) is 10.0 Å². The predicted molar refractivity (Wildman–Crippen MR) is 141 cm³/mol. The van der Waals surface area contributed by atoms with Gasteiger partial charge < -0.3 is 10.1 Å². The molecule has 1 aliphatic rings. The highest BCUT2D eigenvalue weighted by atomic mass is 32.2. The molecule has 190 valence electrons. The van der Waals surface area contributed by atoms with Gasteiger partial charge in [0.1, 0.15) is 6.10 Å². The number of halogens is 3. The third-order valence-electron chi connectivity index (χ3n) is 6.20. The summed E-state index contributed by atoms with van der Waals surface area (Å²) in [5.74, 6) is 0.691. The van der Waals surface area contributed by atoms with Crippen LogP contribution in [-0.4, -0.2) is 16.0 Å². The fraction of sp³-hybridized carbons (Fsp3) is 0.214. The van der Waals surface area contributed by atoms with E-state index < -0.39 is 17.8 Å². The van der Waals surface area contributed by atoms with Crippen molar-refractivity contribution >= 4 is 23.6 Å². The van der Waals surface area contributed by atoms with Crippen LogP contribution in [0.3, 0.4) is 0 Å². The first-order chi connectivity index (χ1) is 17.7. The summed E-state index contributed by atoms with van der Waals surface area (Å²) in [5.41, 5.74) is 4.55. The molecule has 3 aromatic carbocycles. The van der Waals surface area contributed by atoms with Crippen molar-refractivity contribution in [2.24, 2.45) is 0 Å². The molecule has 1 aromatic heterocycles. The number of hydrogen-bond acceptors (Lipinski definition) is 6. The number of aromatic nitrogens is 2. The monoisotopic (exact) mass is 522 g/mol. The Bertz CT molecular complexity index is 1410. The van der Waals surface area contributed by atoms with Crippen molar-refractivity contribution in [3.63, 3.8) is 0 Å². The number of nitrogens with one attached hydrogen (secondary N) is 2. The van der Waals surface area contributed by atoms with Crippen LogP contribution in [0.15, 0.2) is 77.7 Å². The van der Waals surface area contributed by atoms with Crippen LogP contribution >= 0.6 is 11.9 Å². The smallest absolute Gasteiger partial charge is 0.416 e. The standard InChI is InChI=1S/C28H25F3N4OS/c1-16-6-4-7-17(2)25(16)23-15-24-34-27(33-23)35-37-22-9-5-8-21(14-22)32-18(3)26(36-24)19-10-12-20(13-11-19)28(29,30)31/h4-15,18,26,32H,1-3H3,(H,33,34,35)/t18-,26?/m1/s1. The molecule has 0 spiro atoms. The lowest BCUT2D eigenvalue weighted by Crippen LogP contribution is -2.29. The molecular weight excluding hydrogens is 497 g/mol. The highest BCUT2D eigenvalue weighted by Gasteiger charge is 2.31. The van der Waals surface area contributed by atoms with Crippen LogP contribution in [0.5, 0.6) is 5.88 Å². The number of fused-ring (bicyclic) bond motifs is 4. The summed E-state index contributed by atoms with van der Waals surface area (Å²) in [4.78, 5) is 10.3. The van der Waals surface area contributed by atoms with Gasteiger partial charge in [0.05, 0.1) is 17.3 Å². The molecule has 9 heteroatoms. The highest BCUT2D eigenvalue weighted by molar-refractivity contribution is 8.00. The lowest BCUT2D eigenvalue weighted by molar-refractivity contribution is -0.137. The van der Waals surface area contributed by atoms with Gasteiger partial charge in [-0.05, 0) is 79.7 Å². The molecule has 4 bridgehead atoms. The van der Waals surface area contributed by atoms with Crippen LogP contribution in [-0.2, 0) is 6.18 Å². The first-order valence-corrected chi connectivity index (χ1v) is 12.6. The van der Waals surface area contributed by atoms with Gasteiger partial charge in [-0.25, -0.2) is 4.98 Å². The van der Waals surface area contributed by atoms with Crippen molar-refractivity contribution in [3.8, 4) is 17.1 Å². The summed E-state index contributed by atoms with van der Waals surface area (Å²) in [6, 6.07) is 20.4. The molecule has 5 nitrogen and oxygen atoms in total. The van der Waals surface area contributed by atoms with E-state index in [0.29, 0.717) is 23.1 Å². The van der Waals surface area contributed by atoms with E-state index in [9.17, 15) is 13.2 Å². The molecule has 1 unspecified atom stereocenters. The molecule has 2 heterocycles. The molecule has 5 rings (SSSR count). The van der Waals surface area contributed by atoms with Crippen molar-refractivity contribution in [3.05, 3.63) is 95.1 Å². The Labute approximate surface area is 217 Å². The van der Waals surface area contributed by atoms with Gasteiger partial charge in [-0.2, -0.15) is 18.2 Å². The molecule has 2 N–H and O–H groups in total. The average molecular weight is 523 g/mol. The quantitative estimate of drug-likeness (QED) is 0.262. The van der Waals surface area contributed by atoms with E-state index in [4.69, 9.17) is 9.72 Å². The molecule has 0 fully saturated rings. The number of alkyl halides is 3. The number of nitrogens with zero attached hydrogens (tertiary/aromatic N) is 2. The number of anilines is 2. The van der Waals surface area contributed by atoms with Gasteiger partial charge >= 0.3 is 6.18 Å². The van der Waals surface area contributed by atoms with Crippen molar-refractivity contribution < 1.29 is 17.9 Å². The zero-order valence-corrected chi connectivity index (χ0v) is 21.2. The van der Waals surface area contributed by atoms with E-state index >= 15 is 0 Å². The van der Waals surface area contributed by atoms with Crippen LogP contribution in [0.25, 0.3) is 11.3 Å². The van der Waals surface area contributed by atoms with Gasteiger partial charge in [-0.3, -0.25) is 4.72 Å². The zero-order valence-electron chi connectivity index (χ0n) is 20.4. The number of rotatable bonds is 2. The topological polar surface area (TPSA) is 59.1 Å². The summed E-state index contributed by atoms with van der Waals surface area (Å²) in [6.45, 7) is 5.97. The van der Waals surface area contributed by atoms with Gasteiger partial charge in [-0.15, -0.1) is 0 Å². The van der Waals surface area contributed by atoms with Gasteiger partial charge in [0.25, 0.3) is 0 Å². The summed E-state index contributed by atoms with van der Waals surface area (Å²) < 4.78 is 49.2. The Kier molecular flexibility index (Phi) is 6.72. The molecule has 0 amide bonds. The van der Waals surface area contributed by atoms with Gasteiger partial charge in [-0.1, -0.05) is 36.4 Å². The molecule has 0 saturated heterocycles. The highest BCUT2D eigenvalue weighted by Crippen LogP contribution is 2.35. The van der Waals surface area contributed by atoms with Crippen molar-refractivity contribution in [1.29, 1.82) is 0 Å². The molecule has 1 aliphatic heterocycles. The van der Waals surface area contributed by atoms with E-state index in [1.54, 1.807) is 6.07 Å². The molecule has 0 radical (unpaired) electrons. The molecule has 0 aliphatic carbocycles. The fourth-order valence-electron chi connectivity index (χ4n) is 4.42. The Hall–Kier alpha value is -3.72. The maximum absolute atomic E-state index is 13.2. The first kappa shape index (κ1) is 25.0. The third kappa shape index (κ3) is 5.51. The molecule has 0 saturated carbocycles. The first-order valence-electron chi connectivity index (χ1n) is 11.8. The van der Waals surface area contributed by atoms with E-state index in [1.807, 2.05) is 63.2 Å². The number of ether oxygens (including phenoxy) is 1. The van der Waals surface area contributed by atoms with Gasteiger partial charge in [0.15, 0.2) is 0 Å². The van der Waals surface area contributed by atoms with Crippen LogP contribution < -0.4 is 14.8 Å². The van der Waals surface area contributed by atoms with E-state index in [-0.39, 0.29) is 6.04 Å². The Morgan fingerprint density at radius 2 is 1.59 bits per heavy atom. The Morgan fingerprint density at radius 3 is 2.30 bits per heavy atom.